The Morgan fingerprint density at radius 2 is 1.68 bits per heavy atom. The highest BCUT2D eigenvalue weighted by molar-refractivity contribution is 6.37. The zero-order chi connectivity index (χ0) is 19.7. The molecule has 4 N–H and O–H groups in total. The van der Waals surface area contributed by atoms with Crippen LogP contribution in [0, 0.1) is 0 Å². The van der Waals surface area contributed by atoms with E-state index in [0.717, 1.165) is 33.9 Å². The van der Waals surface area contributed by atoms with Gasteiger partial charge in [-0.3, -0.25) is 4.79 Å². The SMILES string of the molecule is CN(C)c1ccc(N/C(=C2\C(=O)Nc3ccc(N)cc32)c2ccccc2)cc1. The number of nitrogen functional groups attached to an aromatic ring is 1. The van der Waals surface area contributed by atoms with Crippen molar-refractivity contribution in [1.29, 1.82) is 0 Å². The molecule has 0 saturated heterocycles. The van der Waals surface area contributed by atoms with E-state index in [1.165, 1.54) is 0 Å². The summed E-state index contributed by atoms with van der Waals surface area (Å²) in [5.41, 5.74) is 12.5. The van der Waals surface area contributed by atoms with Crippen LogP contribution in [0.3, 0.4) is 0 Å². The lowest BCUT2D eigenvalue weighted by atomic mass is 9.99. The minimum Gasteiger partial charge on any atom is -0.399 e. The molecule has 140 valence electrons. The van der Waals surface area contributed by atoms with Crippen LogP contribution >= 0.6 is 0 Å². The van der Waals surface area contributed by atoms with Gasteiger partial charge in [-0.1, -0.05) is 30.3 Å². The number of fused-ring (bicyclic) bond motifs is 1. The maximum atomic E-state index is 12.8. The number of carbonyl (C=O) groups is 1. The molecular formula is C23H22N4O. The molecule has 0 saturated carbocycles. The van der Waals surface area contributed by atoms with E-state index in [9.17, 15) is 4.79 Å². The number of benzene rings is 3. The van der Waals surface area contributed by atoms with E-state index >= 15 is 0 Å². The zero-order valence-electron chi connectivity index (χ0n) is 15.9. The van der Waals surface area contributed by atoms with Crippen LogP contribution in [0.5, 0.6) is 0 Å². The summed E-state index contributed by atoms with van der Waals surface area (Å²) in [6.45, 7) is 0. The van der Waals surface area contributed by atoms with Crippen molar-refractivity contribution >= 4 is 39.9 Å². The van der Waals surface area contributed by atoms with Crippen LogP contribution in [0.4, 0.5) is 22.7 Å². The van der Waals surface area contributed by atoms with Crippen LogP contribution in [0.2, 0.25) is 0 Å². The molecule has 3 aromatic rings. The fraction of sp³-hybridized carbons (Fsp3) is 0.0870. The maximum Gasteiger partial charge on any atom is 0.258 e. The quantitative estimate of drug-likeness (QED) is 0.474. The molecule has 28 heavy (non-hydrogen) atoms. The molecule has 4 rings (SSSR count). The number of anilines is 4. The van der Waals surface area contributed by atoms with E-state index < -0.39 is 0 Å². The van der Waals surface area contributed by atoms with Crippen molar-refractivity contribution in [2.75, 3.05) is 35.4 Å². The Morgan fingerprint density at radius 3 is 2.36 bits per heavy atom. The number of nitrogens with zero attached hydrogens (tertiary/aromatic N) is 1. The first-order chi connectivity index (χ1) is 13.5. The highest BCUT2D eigenvalue weighted by Crippen LogP contribution is 2.38. The van der Waals surface area contributed by atoms with Crippen molar-refractivity contribution in [2.45, 2.75) is 0 Å². The Bertz CT molecular complexity index is 1050. The van der Waals surface area contributed by atoms with Crippen molar-refractivity contribution < 1.29 is 4.79 Å². The van der Waals surface area contributed by atoms with Crippen molar-refractivity contribution in [3.05, 3.63) is 83.9 Å². The predicted molar refractivity (Wildman–Crippen MR) is 117 cm³/mol. The Kier molecular flexibility index (Phi) is 4.49. The number of rotatable bonds is 4. The third-order valence-electron chi connectivity index (χ3n) is 4.75. The average Bonchev–Trinajstić information content (AvgIpc) is 3.02. The average molecular weight is 370 g/mol. The van der Waals surface area contributed by atoms with Crippen LogP contribution in [0.1, 0.15) is 11.1 Å². The second-order valence-corrected chi connectivity index (χ2v) is 6.94. The normalized spacial score (nSPS) is 14.3. The van der Waals surface area contributed by atoms with Gasteiger partial charge in [0.2, 0.25) is 0 Å². The summed E-state index contributed by atoms with van der Waals surface area (Å²) in [5.74, 6) is -0.142. The van der Waals surface area contributed by atoms with Crippen molar-refractivity contribution in [3.8, 4) is 0 Å². The van der Waals surface area contributed by atoms with Gasteiger partial charge < -0.3 is 21.3 Å². The van der Waals surface area contributed by atoms with Gasteiger partial charge in [-0.05, 0) is 48.0 Å². The Balaban J connectivity index is 1.85. The van der Waals surface area contributed by atoms with Gasteiger partial charge in [0, 0.05) is 42.4 Å². The van der Waals surface area contributed by atoms with Crippen LogP contribution in [-0.4, -0.2) is 20.0 Å². The lowest BCUT2D eigenvalue weighted by Gasteiger charge is -2.17. The van der Waals surface area contributed by atoms with Gasteiger partial charge in [-0.25, -0.2) is 0 Å². The molecule has 3 aromatic carbocycles. The van der Waals surface area contributed by atoms with E-state index in [1.54, 1.807) is 6.07 Å². The first-order valence-electron chi connectivity index (χ1n) is 9.08. The number of nitrogens with one attached hydrogen (secondary N) is 2. The standard InChI is InChI=1S/C23H22N4O/c1-27(2)18-11-9-17(10-12-18)25-22(15-6-4-3-5-7-15)21-19-14-16(24)8-13-20(19)26-23(21)28/h3-14,25H,24H2,1-2H3,(H,26,28)/b22-21-. The third-order valence-corrected chi connectivity index (χ3v) is 4.75. The van der Waals surface area contributed by atoms with Crippen LogP contribution in [0.15, 0.2) is 72.8 Å². The molecule has 1 aliphatic rings. The van der Waals surface area contributed by atoms with E-state index in [1.807, 2.05) is 85.7 Å². The highest BCUT2D eigenvalue weighted by atomic mass is 16.2. The fourth-order valence-electron chi connectivity index (χ4n) is 3.30. The minimum atomic E-state index is -0.142. The summed E-state index contributed by atoms with van der Waals surface area (Å²) in [4.78, 5) is 14.9. The van der Waals surface area contributed by atoms with Gasteiger partial charge in [-0.15, -0.1) is 0 Å². The first-order valence-corrected chi connectivity index (χ1v) is 9.08. The smallest absolute Gasteiger partial charge is 0.258 e. The lowest BCUT2D eigenvalue weighted by molar-refractivity contribution is -0.110. The van der Waals surface area contributed by atoms with Gasteiger partial charge >= 0.3 is 0 Å². The molecule has 5 nitrogen and oxygen atoms in total. The molecular weight excluding hydrogens is 348 g/mol. The van der Waals surface area contributed by atoms with Crippen molar-refractivity contribution in [2.24, 2.45) is 0 Å². The van der Waals surface area contributed by atoms with Crippen LogP contribution in [-0.2, 0) is 4.79 Å². The molecule has 0 atom stereocenters. The van der Waals surface area contributed by atoms with Crippen molar-refractivity contribution in [3.63, 3.8) is 0 Å². The van der Waals surface area contributed by atoms with Crippen LogP contribution < -0.4 is 21.3 Å². The van der Waals surface area contributed by atoms with E-state index in [4.69, 9.17) is 5.73 Å². The number of amides is 1. The molecule has 0 unspecified atom stereocenters. The van der Waals surface area contributed by atoms with Gasteiger partial charge in [0.15, 0.2) is 0 Å². The summed E-state index contributed by atoms with van der Waals surface area (Å²) in [6, 6.07) is 23.4. The van der Waals surface area contributed by atoms with Gasteiger partial charge in [0.05, 0.1) is 11.3 Å². The Morgan fingerprint density at radius 1 is 0.964 bits per heavy atom. The summed E-state index contributed by atoms with van der Waals surface area (Å²) in [7, 11) is 4.01. The number of nitrogens with two attached hydrogens (primary N) is 1. The van der Waals surface area contributed by atoms with Gasteiger partial charge in [0.1, 0.15) is 0 Å². The molecule has 0 fully saturated rings. The molecule has 0 bridgehead atoms. The molecule has 0 spiro atoms. The Labute approximate surface area is 164 Å². The third kappa shape index (κ3) is 3.30. The monoisotopic (exact) mass is 370 g/mol. The summed E-state index contributed by atoms with van der Waals surface area (Å²) >= 11 is 0. The molecule has 0 aliphatic carbocycles. The topological polar surface area (TPSA) is 70.4 Å². The lowest BCUT2D eigenvalue weighted by Crippen LogP contribution is -2.11. The molecule has 1 amide bonds. The second kappa shape index (κ2) is 7.12. The molecule has 0 radical (unpaired) electrons. The Hall–Kier alpha value is -3.73. The van der Waals surface area contributed by atoms with E-state index in [2.05, 4.69) is 10.6 Å². The first kappa shape index (κ1) is 17.7. The maximum absolute atomic E-state index is 12.8. The zero-order valence-corrected chi connectivity index (χ0v) is 15.9. The number of carbonyl (C=O) groups excluding carboxylic acids is 1. The molecule has 5 heteroatoms. The fourth-order valence-corrected chi connectivity index (χ4v) is 3.30. The van der Waals surface area contributed by atoms with Crippen molar-refractivity contribution in [1.82, 2.24) is 0 Å². The molecule has 0 aromatic heterocycles. The number of hydrogen-bond acceptors (Lipinski definition) is 4. The highest BCUT2D eigenvalue weighted by Gasteiger charge is 2.28. The summed E-state index contributed by atoms with van der Waals surface area (Å²) in [5, 5.41) is 6.39. The second-order valence-electron chi connectivity index (χ2n) is 6.94. The van der Waals surface area contributed by atoms with Crippen LogP contribution in [0.25, 0.3) is 11.3 Å². The summed E-state index contributed by atoms with van der Waals surface area (Å²) < 4.78 is 0. The predicted octanol–water partition coefficient (Wildman–Crippen LogP) is 4.27. The van der Waals surface area contributed by atoms with E-state index in [0.29, 0.717) is 11.3 Å². The molecule has 1 aliphatic heterocycles. The van der Waals surface area contributed by atoms with E-state index in [-0.39, 0.29) is 5.91 Å². The summed E-state index contributed by atoms with van der Waals surface area (Å²) in [6.07, 6.45) is 0. The molecule has 1 heterocycles. The van der Waals surface area contributed by atoms with Gasteiger partial charge in [-0.2, -0.15) is 0 Å². The van der Waals surface area contributed by atoms with Gasteiger partial charge in [0.25, 0.3) is 5.91 Å². The minimum absolute atomic E-state index is 0.142. The number of hydrogen-bond donors (Lipinski definition) is 3. The largest absolute Gasteiger partial charge is 0.399 e.